The van der Waals surface area contributed by atoms with Gasteiger partial charge in [-0.3, -0.25) is 0 Å². The number of carbonyl (C=O) groups excluding carboxylic acids is 2. The summed E-state index contributed by atoms with van der Waals surface area (Å²) in [6.07, 6.45) is 1.66. The zero-order chi connectivity index (χ0) is 20.3. The summed E-state index contributed by atoms with van der Waals surface area (Å²) in [6, 6.07) is 6.18. The number of anilines is 1. The highest BCUT2D eigenvalue weighted by Gasteiger charge is 2.33. The summed E-state index contributed by atoms with van der Waals surface area (Å²) >= 11 is 0. The van der Waals surface area contributed by atoms with Crippen LogP contribution in [0.2, 0.25) is 0 Å². The molecule has 3 rings (SSSR count). The lowest BCUT2D eigenvalue weighted by atomic mass is 10.1. The van der Waals surface area contributed by atoms with Crippen molar-refractivity contribution in [2.45, 2.75) is 17.7 Å². The second-order valence-corrected chi connectivity index (χ2v) is 8.26. The lowest BCUT2D eigenvalue weighted by Gasteiger charge is -2.31. The molecular weight excluding hydrogens is 388 g/mol. The van der Waals surface area contributed by atoms with Crippen molar-refractivity contribution in [2.24, 2.45) is 0 Å². The summed E-state index contributed by atoms with van der Waals surface area (Å²) in [4.78, 5) is 26.0. The molecule has 2 heterocycles. The highest BCUT2D eigenvalue weighted by Crippen LogP contribution is 2.30. The number of esters is 2. The predicted molar refractivity (Wildman–Crippen MR) is 98.8 cm³/mol. The Morgan fingerprint density at radius 1 is 1.07 bits per heavy atom. The largest absolute Gasteiger partial charge is 0.466 e. The van der Waals surface area contributed by atoms with Crippen molar-refractivity contribution in [3.8, 4) is 0 Å². The number of rotatable bonds is 5. The summed E-state index contributed by atoms with van der Waals surface area (Å²) in [7, 11) is -1.23. The fourth-order valence-corrected chi connectivity index (χ4v) is 4.79. The molecule has 1 saturated heterocycles. The Bertz CT molecular complexity index is 904. The van der Waals surface area contributed by atoms with E-state index in [1.54, 1.807) is 12.1 Å². The second-order valence-electron chi connectivity index (χ2n) is 6.32. The first kappa shape index (κ1) is 20.3. The van der Waals surface area contributed by atoms with Crippen molar-refractivity contribution in [3.63, 3.8) is 0 Å². The molecule has 2 aliphatic rings. The van der Waals surface area contributed by atoms with Crippen molar-refractivity contribution in [3.05, 3.63) is 35.5 Å². The molecule has 2 aliphatic heterocycles. The molecule has 152 valence electrons. The second kappa shape index (κ2) is 8.29. The molecule has 0 aliphatic carbocycles. The van der Waals surface area contributed by atoms with E-state index in [0.717, 1.165) is 12.8 Å². The van der Waals surface area contributed by atoms with Crippen LogP contribution in [0.1, 0.15) is 12.8 Å². The Morgan fingerprint density at radius 3 is 2.39 bits per heavy atom. The van der Waals surface area contributed by atoms with E-state index >= 15 is 0 Å². The van der Waals surface area contributed by atoms with E-state index in [1.165, 1.54) is 35.6 Å². The summed E-state index contributed by atoms with van der Waals surface area (Å²) in [5.41, 5.74) is 0.367. The quantitative estimate of drug-likeness (QED) is 0.659. The summed E-state index contributed by atoms with van der Waals surface area (Å²) in [5, 5.41) is 0. The summed E-state index contributed by atoms with van der Waals surface area (Å²) in [5.74, 6) is -1.46. The first-order chi connectivity index (χ1) is 13.4. The molecular formula is C18H22N2O7S. The molecule has 0 unspecified atom stereocenters. The Hall–Kier alpha value is -2.43. The Balaban J connectivity index is 2.04. The summed E-state index contributed by atoms with van der Waals surface area (Å²) < 4.78 is 42.1. The number of ether oxygens (including phenoxy) is 3. The number of hydrogen-bond donors (Lipinski definition) is 0. The molecule has 0 N–H and O–H groups in total. The lowest BCUT2D eigenvalue weighted by molar-refractivity contribution is -0.140. The third-order valence-electron chi connectivity index (χ3n) is 4.67. The Morgan fingerprint density at radius 2 is 1.75 bits per heavy atom. The van der Waals surface area contributed by atoms with Crippen LogP contribution < -0.4 is 4.90 Å². The van der Waals surface area contributed by atoms with Gasteiger partial charge >= 0.3 is 11.9 Å². The van der Waals surface area contributed by atoms with Crippen LogP contribution in [0.4, 0.5) is 5.69 Å². The van der Waals surface area contributed by atoms with Gasteiger partial charge in [-0.15, -0.1) is 0 Å². The zero-order valence-corrected chi connectivity index (χ0v) is 16.5. The molecule has 0 amide bonds. The van der Waals surface area contributed by atoms with Gasteiger partial charge in [0.15, 0.2) is 0 Å². The van der Waals surface area contributed by atoms with Crippen molar-refractivity contribution >= 4 is 27.6 Å². The Kier molecular flexibility index (Phi) is 6.01. The Labute approximate surface area is 163 Å². The average molecular weight is 410 g/mol. The molecule has 0 saturated carbocycles. The minimum Gasteiger partial charge on any atom is -0.466 e. The number of methoxy groups -OCH3 is 2. The fraction of sp³-hybridized carbons (Fsp3) is 0.444. The molecule has 1 fully saturated rings. The third kappa shape index (κ3) is 3.75. The van der Waals surface area contributed by atoms with Crippen molar-refractivity contribution in [1.29, 1.82) is 0 Å². The van der Waals surface area contributed by atoms with Crippen LogP contribution in [0.5, 0.6) is 0 Å². The van der Waals surface area contributed by atoms with E-state index in [0.29, 0.717) is 18.8 Å². The first-order valence-corrected chi connectivity index (χ1v) is 10.2. The van der Waals surface area contributed by atoms with Crippen LogP contribution in [-0.2, 0) is 33.8 Å². The maximum atomic E-state index is 12.9. The van der Waals surface area contributed by atoms with Gasteiger partial charge in [0.05, 0.1) is 31.3 Å². The molecule has 0 bridgehead atoms. The molecule has 1 aromatic carbocycles. The van der Waals surface area contributed by atoms with Gasteiger partial charge in [0.25, 0.3) is 0 Å². The molecule has 1 aromatic rings. The minimum atomic E-state index is -3.64. The minimum absolute atomic E-state index is 0.00778. The number of carbonyl (C=O) groups is 2. The van der Waals surface area contributed by atoms with Gasteiger partial charge in [0.1, 0.15) is 12.4 Å². The lowest BCUT2D eigenvalue weighted by Crippen LogP contribution is -2.39. The maximum absolute atomic E-state index is 12.9. The topological polar surface area (TPSA) is 102 Å². The van der Waals surface area contributed by atoms with E-state index < -0.39 is 22.0 Å². The van der Waals surface area contributed by atoms with Gasteiger partial charge in [0.2, 0.25) is 10.0 Å². The molecule has 28 heavy (non-hydrogen) atoms. The number of benzene rings is 1. The number of sulfonamides is 1. The molecule has 0 atom stereocenters. The molecule has 10 heteroatoms. The third-order valence-corrected chi connectivity index (χ3v) is 6.56. The molecule has 0 radical (unpaired) electrons. The fourth-order valence-electron chi connectivity index (χ4n) is 3.24. The van der Waals surface area contributed by atoms with Gasteiger partial charge in [-0.2, -0.15) is 4.31 Å². The van der Waals surface area contributed by atoms with Crippen molar-refractivity contribution < 1.29 is 32.2 Å². The first-order valence-electron chi connectivity index (χ1n) is 8.75. The van der Waals surface area contributed by atoms with Crippen molar-refractivity contribution in [1.82, 2.24) is 4.31 Å². The van der Waals surface area contributed by atoms with Crippen molar-refractivity contribution in [2.75, 3.05) is 45.5 Å². The van der Waals surface area contributed by atoms with Gasteiger partial charge < -0.3 is 19.1 Å². The SMILES string of the molecule is COC(=O)C1=C(C(=O)OC)N(c2cccc(S(=O)(=O)N3CCCC3)c2)COC1. The van der Waals surface area contributed by atoms with E-state index in [-0.39, 0.29) is 29.5 Å². The molecule has 9 nitrogen and oxygen atoms in total. The average Bonchev–Trinajstić information content (AvgIpc) is 3.28. The maximum Gasteiger partial charge on any atom is 0.355 e. The van der Waals surface area contributed by atoms with Gasteiger partial charge in [-0.25, -0.2) is 18.0 Å². The predicted octanol–water partition coefficient (Wildman–Crippen LogP) is 0.865. The van der Waals surface area contributed by atoms with Gasteiger partial charge in [-0.1, -0.05) is 6.07 Å². The zero-order valence-electron chi connectivity index (χ0n) is 15.7. The van der Waals surface area contributed by atoms with Gasteiger partial charge in [-0.05, 0) is 31.0 Å². The number of nitrogens with zero attached hydrogens (tertiary/aromatic N) is 2. The van der Waals surface area contributed by atoms with E-state index in [2.05, 4.69) is 0 Å². The van der Waals surface area contributed by atoms with Crippen LogP contribution in [-0.4, -0.2) is 65.3 Å². The van der Waals surface area contributed by atoms with Crippen LogP contribution in [0.3, 0.4) is 0 Å². The number of hydrogen-bond acceptors (Lipinski definition) is 8. The highest BCUT2D eigenvalue weighted by molar-refractivity contribution is 7.89. The van der Waals surface area contributed by atoms with E-state index in [9.17, 15) is 18.0 Å². The molecule has 0 spiro atoms. The van der Waals surface area contributed by atoms with Crippen LogP contribution in [0, 0.1) is 0 Å². The highest BCUT2D eigenvalue weighted by atomic mass is 32.2. The van der Waals surface area contributed by atoms with E-state index in [1.807, 2.05) is 0 Å². The smallest absolute Gasteiger partial charge is 0.355 e. The van der Waals surface area contributed by atoms with Crippen LogP contribution in [0.15, 0.2) is 40.4 Å². The summed E-state index contributed by atoms with van der Waals surface area (Å²) in [6.45, 7) is 0.815. The molecule has 0 aromatic heterocycles. The van der Waals surface area contributed by atoms with E-state index in [4.69, 9.17) is 14.2 Å². The standard InChI is InChI=1S/C18H22N2O7S/c1-25-17(21)15-11-27-12-20(16(15)18(22)26-2)13-6-5-7-14(10-13)28(23,24)19-8-3-4-9-19/h5-7,10H,3-4,8-9,11-12H2,1-2H3. The monoisotopic (exact) mass is 410 g/mol. The normalized spacial score (nSPS) is 18.3. The van der Waals surface area contributed by atoms with Crippen LogP contribution in [0.25, 0.3) is 0 Å². The van der Waals surface area contributed by atoms with Crippen LogP contribution >= 0.6 is 0 Å². The van der Waals surface area contributed by atoms with Gasteiger partial charge in [0, 0.05) is 18.8 Å².